The molecule has 1 aromatic heterocycles. The molecule has 6 rings (SSSR count). The van der Waals surface area contributed by atoms with Crippen molar-refractivity contribution in [3.8, 4) is 11.5 Å². The molecule has 0 aliphatic carbocycles. The lowest BCUT2D eigenvalue weighted by molar-refractivity contribution is -0.274. The van der Waals surface area contributed by atoms with E-state index in [4.69, 9.17) is 9.15 Å². The minimum absolute atomic E-state index is 0.0248. The first-order chi connectivity index (χ1) is 21.2. The summed E-state index contributed by atoms with van der Waals surface area (Å²) in [5.74, 6) is 0.182. The van der Waals surface area contributed by atoms with Gasteiger partial charge < -0.3 is 24.1 Å². The first kappa shape index (κ1) is 29.8. The van der Waals surface area contributed by atoms with Crippen LogP contribution >= 0.6 is 0 Å². The maximum Gasteiger partial charge on any atom is 0.573 e. The number of fused-ring (bicyclic) bond motifs is 1. The first-order valence-corrected chi connectivity index (χ1v) is 14.8. The molecular formula is C33H33F4N3O4. The van der Waals surface area contributed by atoms with Crippen molar-refractivity contribution < 1.29 is 36.2 Å². The van der Waals surface area contributed by atoms with Gasteiger partial charge in [-0.25, -0.2) is 4.39 Å². The number of carbonyl (C=O) groups is 1. The van der Waals surface area contributed by atoms with Crippen LogP contribution in [0.2, 0.25) is 0 Å². The molecule has 1 N–H and O–H groups in total. The van der Waals surface area contributed by atoms with Crippen LogP contribution in [0.25, 0.3) is 11.0 Å². The van der Waals surface area contributed by atoms with E-state index in [1.54, 1.807) is 36.4 Å². The summed E-state index contributed by atoms with van der Waals surface area (Å²) in [5.41, 5.74) is 2.47. The number of furan rings is 1. The van der Waals surface area contributed by atoms with Gasteiger partial charge in [-0.1, -0.05) is 12.1 Å². The first-order valence-electron chi connectivity index (χ1n) is 14.8. The Morgan fingerprint density at radius 3 is 2.23 bits per heavy atom. The van der Waals surface area contributed by atoms with Crippen LogP contribution < -0.4 is 19.7 Å². The fourth-order valence-electron chi connectivity index (χ4n) is 5.82. The van der Waals surface area contributed by atoms with Crippen molar-refractivity contribution in [2.45, 2.75) is 50.7 Å². The summed E-state index contributed by atoms with van der Waals surface area (Å²) in [6.45, 7) is 3.83. The number of likely N-dealkylation sites (tertiary alicyclic amines) is 1. The smallest absolute Gasteiger partial charge is 0.490 e. The molecule has 2 aliphatic heterocycles. The van der Waals surface area contributed by atoms with Gasteiger partial charge in [0.2, 0.25) is 0 Å². The van der Waals surface area contributed by atoms with Gasteiger partial charge in [-0.3, -0.25) is 9.69 Å². The Hall–Kier alpha value is -4.25. The number of alkyl halides is 3. The molecule has 2 fully saturated rings. The van der Waals surface area contributed by atoms with E-state index in [1.165, 1.54) is 24.3 Å². The molecular weight excluding hydrogens is 578 g/mol. The number of halogens is 4. The van der Waals surface area contributed by atoms with Crippen molar-refractivity contribution in [2.75, 3.05) is 31.1 Å². The highest BCUT2D eigenvalue weighted by Crippen LogP contribution is 2.30. The molecule has 2 saturated heterocycles. The highest BCUT2D eigenvalue weighted by molar-refractivity contribution is 5.96. The summed E-state index contributed by atoms with van der Waals surface area (Å²) >= 11 is 0. The molecule has 11 heteroatoms. The van der Waals surface area contributed by atoms with Gasteiger partial charge in [0.25, 0.3) is 5.91 Å². The Morgan fingerprint density at radius 1 is 0.864 bits per heavy atom. The number of hydrogen-bond donors (Lipinski definition) is 1. The zero-order valence-corrected chi connectivity index (χ0v) is 24.0. The number of piperidine rings is 2. The normalized spacial score (nSPS) is 17.1. The number of anilines is 1. The van der Waals surface area contributed by atoms with E-state index in [2.05, 4.69) is 19.9 Å². The molecule has 2 aliphatic rings. The zero-order valence-electron chi connectivity index (χ0n) is 24.0. The van der Waals surface area contributed by atoms with E-state index in [9.17, 15) is 22.4 Å². The van der Waals surface area contributed by atoms with Crippen LogP contribution in [0.1, 0.15) is 41.8 Å². The standard InChI is InChI=1S/C33H33F4N3O4/c34-24-4-1-22(2-5-24)21-39-15-11-25(12-16-39)38-32(41)31-19-23-3-8-29(20-30(23)43-31)42-27-13-17-40(18-14-27)26-6-9-28(10-7-26)44-33(35,36)37/h1-10,19-20,25,27H,11-18,21H2,(H,38,41). The molecule has 0 saturated carbocycles. The number of amides is 1. The molecule has 0 radical (unpaired) electrons. The third-order valence-electron chi connectivity index (χ3n) is 8.14. The van der Waals surface area contributed by atoms with Crippen molar-refractivity contribution in [3.05, 3.63) is 89.9 Å². The summed E-state index contributed by atoms with van der Waals surface area (Å²) in [7, 11) is 0. The second kappa shape index (κ2) is 12.8. The Morgan fingerprint density at radius 2 is 1.55 bits per heavy atom. The van der Waals surface area contributed by atoms with Gasteiger partial charge in [-0.05, 0) is 73.0 Å². The predicted molar refractivity (Wildman–Crippen MR) is 157 cm³/mol. The molecule has 44 heavy (non-hydrogen) atoms. The van der Waals surface area contributed by atoms with Crippen LogP contribution in [0, 0.1) is 5.82 Å². The molecule has 0 unspecified atom stereocenters. The lowest BCUT2D eigenvalue weighted by Crippen LogP contribution is -2.44. The molecule has 0 bridgehead atoms. The maximum atomic E-state index is 13.2. The van der Waals surface area contributed by atoms with Gasteiger partial charge >= 0.3 is 6.36 Å². The van der Waals surface area contributed by atoms with E-state index in [1.807, 2.05) is 12.1 Å². The van der Waals surface area contributed by atoms with E-state index in [0.29, 0.717) is 24.4 Å². The maximum absolute atomic E-state index is 13.2. The van der Waals surface area contributed by atoms with Crippen LogP contribution in [-0.2, 0) is 6.54 Å². The molecule has 0 atom stereocenters. The number of nitrogens with one attached hydrogen (secondary N) is 1. The van der Waals surface area contributed by atoms with Crippen LogP contribution in [-0.4, -0.2) is 55.5 Å². The van der Waals surface area contributed by atoms with E-state index >= 15 is 0 Å². The summed E-state index contributed by atoms with van der Waals surface area (Å²) in [5, 5.41) is 3.91. The summed E-state index contributed by atoms with van der Waals surface area (Å²) < 4.78 is 66.5. The van der Waals surface area contributed by atoms with Crippen molar-refractivity contribution in [1.29, 1.82) is 0 Å². The zero-order chi connectivity index (χ0) is 30.7. The number of rotatable bonds is 8. The fourth-order valence-corrected chi connectivity index (χ4v) is 5.82. The van der Waals surface area contributed by atoms with E-state index < -0.39 is 6.36 Å². The van der Waals surface area contributed by atoms with Gasteiger partial charge in [0.1, 0.15) is 29.0 Å². The highest BCUT2D eigenvalue weighted by atomic mass is 19.4. The summed E-state index contributed by atoms with van der Waals surface area (Å²) in [4.78, 5) is 17.4. The predicted octanol–water partition coefficient (Wildman–Crippen LogP) is 6.91. The van der Waals surface area contributed by atoms with E-state index in [-0.39, 0.29) is 35.4 Å². The Labute approximate surface area is 252 Å². The van der Waals surface area contributed by atoms with Gasteiger partial charge in [0.05, 0.1) is 0 Å². The Bertz CT molecular complexity index is 1560. The molecule has 3 heterocycles. The largest absolute Gasteiger partial charge is 0.573 e. The molecule has 1 amide bonds. The third-order valence-corrected chi connectivity index (χ3v) is 8.14. The third kappa shape index (κ3) is 7.63. The monoisotopic (exact) mass is 611 g/mol. The van der Waals surface area contributed by atoms with Crippen LogP contribution in [0.5, 0.6) is 11.5 Å². The SMILES string of the molecule is O=C(NC1CCN(Cc2ccc(F)cc2)CC1)c1cc2ccc(OC3CCN(c4ccc(OC(F)(F)F)cc4)CC3)cc2o1. The minimum Gasteiger partial charge on any atom is -0.490 e. The second-order valence-electron chi connectivity index (χ2n) is 11.3. The van der Waals surface area contributed by atoms with Crippen LogP contribution in [0.15, 0.2) is 77.2 Å². The average molecular weight is 612 g/mol. The van der Waals surface area contributed by atoms with Crippen molar-refractivity contribution >= 4 is 22.6 Å². The summed E-state index contributed by atoms with van der Waals surface area (Å²) in [6.07, 6.45) is -1.61. The lowest BCUT2D eigenvalue weighted by Gasteiger charge is -2.33. The van der Waals surface area contributed by atoms with Gasteiger partial charge in [-0.15, -0.1) is 13.2 Å². The Balaban J connectivity index is 0.973. The number of ether oxygens (including phenoxy) is 2. The highest BCUT2D eigenvalue weighted by Gasteiger charge is 2.31. The Kier molecular flexibility index (Phi) is 8.65. The number of hydrogen-bond acceptors (Lipinski definition) is 6. The number of nitrogens with zero attached hydrogens (tertiary/aromatic N) is 2. The fraction of sp³-hybridized carbons (Fsp3) is 0.364. The van der Waals surface area contributed by atoms with Crippen LogP contribution in [0.4, 0.5) is 23.2 Å². The average Bonchev–Trinajstić information content (AvgIpc) is 3.43. The molecule has 232 valence electrons. The van der Waals surface area contributed by atoms with Crippen molar-refractivity contribution in [1.82, 2.24) is 10.2 Å². The minimum atomic E-state index is -4.71. The van der Waals surface area contributed by atoms with Crippen molar-refractivity contribution in [2.24, 2.45) is 0 Å². The molecule has 3 aromatic carbocycles. The topological polar surface area (TPSA) is 67.2 Å². The summed E-state index contributed by atoms with van der Waals surface area (Å²) in [6, 6.07) is 19.8. The van der Waals surface area contributed by atoms with Gasteiger partial charge in [0, 0.05) is 68.7 Å². The van der Waals surface area contributed by atoms with E-state index in [0.717, 1.165) is 62.0 Å². The number of carbonyl (C=O) groups excluding carboxylic acids is 1. The lowest BCUT2D eigenvalue weighted by atomic mass is 10.0. The second-order valence-corrected chi connectivity index (χ2v) is 11.3. The van der Waals surface area contributed by atoms with Gasteiger partial charge in [-0.2, -0.15) is 0 Å². The number of benzene rings is 3. The quantitative estimate of drug-likeness (QED) is 0.219. The van der Waals surface area contributed by atoms with Gasteiger partial charge in [0.15, 0.2) is 5.76 Å². The molecule has 0 spiro atoms. The van der Waals surface area contributed by atoms with Crippen LogP contribution in [0.3, 0.4) is 0 Å². The molecule has 7 nitrogen and oxygen atoms in total. The molecule has 4 aromatic rings. The van der Waals surface area contributed by atoms with Crippen molar-refractivity contribution in [3.63, 3.8) is 0 Å².